The van der Waals surface area contributed by atoms with Gasteiger partial charge < -0.3 is 32.2 Å². The Balaban J connectivity index is 1.36. The SMILES string of the molecule is CC[Si](CC)(O[C@@H]1CO[Si](C(C)(C)C)(C(C)(C)C)O[C@H]1C[C@H]1O[C@@]2(C)C[C@@H](OCc3ccccc3)[C@H](CCOCc3ccccc3)O[C@@H]2CC1=O)C(C)C. The number of carbonyl (C=O) groups excluding carboxylic acids is 1. The standard InChI is InChI=1S/C44H70O8Si2/c1-12-53(13-2,32(3)4)51-40-31-48-54(42(5,6)7,43(8,9)10)52-38(40)27-37-35(45)26-41-44(11,50-37)28-39(47-30-34-22-18-15-19-23-34)36(49-41)24-25-46-29-33-20-16-14-17-21-33/h14-23,32,36-41H,12-13,24-31H2,1-11H3/t36-,37+,38-,39+,40+,41+,44-/m0/s1. The second-order valence-corrected chi connectivity index (χ2v) is 28.2. The third-order valence-electron chi connectivity index (χ3n) is 12.4. The molecule has 3 heterocycles. The first-order valence-corrected chi connectivity index (χ1v) is 24.8. The molecule has 3 aliphatic rings. The lowest BCUT2D eigenvalue weighted by molar-refractivity contribution is -0.268. The molecule has 3 fully saturated rings. The van der Waals surface area contributed by atoms with E-state index in [0.717, 1.165) is 23.2 Å². The first kappa shape index (κ1) is 43.4. The van der Waals surface area contributed by atoms with Crippen molar-refractivity contribution < 1.29 is 37.0 Å². The van der Waals surface area contributed by atoms with Crippen molar-refractivity contribution in [3.05, 3.63) is 71.8 Å². The first-order chi connectivity index (χ1) is 25.5. The molecule has 3 aliphatic heterocycles. The number of carbonyl (C=O) groups is 1. The molecule has 0 amide bonds. The minimum absolute atomic E-state index is 0.0613. The predicted octanol–water partition coefficient (Wildman–Crippen LogP) is 10.1. The Morgan fingerprint density at radius 3 is 2.02 bits per heavy atom. The lowest BCUT2D eigenvalue weighted by Crippen LogP contribution is -2.67. The van der Waals surface area contributed by atoms with Gasteiger partial charge in [-0.2, -0.15) is 0 Å². The van der Waals surface area contributed by atoms with E-state index in [4.69, 9.17) is 32.2 Å². The number of hydrogen-bond acceptors (Lipinski definition) is 8. The van der Waals surface area contributed by atoms with Gasteiger partial charge in [-0.05, 0) is 42.1 Å². The number of ketones is 1. The largest absolute Gasteiger partial charge is 0.409 e. The van der Waals surface area contributed by atoms with E-state index in [1.807, 2.05) is 36.4 Å². The van der Waals surface area contributed by atoms with E-state index >= 15 is 0 Å². The smallest absolute Gasteiger partial charge is 0.349 e. The van der Waals surface area contributed by atoms with Crippen molar-refractivity contribution in [2.45, 2.75) is 185 Å². The van der Waals surface area contributed by atoms with Crippen LogP contribution in [0.1, 0.15) is 113 Å². The number of benzene rings is 2. The Hall–Kier alpha value is -1.74. The summed E-state index contributed by atoms with van der Waals surface area (Å²) in [7, 11) is -4.98. The number of rotatable bonds is 15. The Morgan fingerprint density at radius 2 is 1.46 bits per heavy atom. The van der Waals surface area contributed by atoms with Crippen LogP contribution in [0.4, 0.5) is 0 Å². The zero-order chi connectivity index (χ0) is 39.4. The fraction of sp³-hybridized carbons (Fsp3) is 0.705. The van der Waals surface area contributed by atoms with Crippen molar-refractivity contribution in [2.75, 3.05) is 13.2 Å². The molecule has 0 saturated carbocycles. The zero-order valence-corrected chi connectivity index (χ0v) is 37.2. The van der Waals surface area contributed by atoms with E-state index in [-0.39, 0.29) is 46.4 Å². The highest BCUT2D eigenvalue weighted by Gasteiger charge is 2.63. The maximum atomic E-state index is 14.2. The monoisotopic (exact) mass is 782 g/mol. The fourth-order valence-corrected chi connectivity index (χ4v) is 17.8. The minimum atomic E-state index is -2.86. The van der Waals surface area contributed by atoms with E-state index in [1.54, 1.807) is 0 Å². The van der Waals surface area contributed by atoms with Crippen LogP contribution in [0.5, 0.6) is 0 Å². The summed E-state index contributed by atoms with van der Waals surface area (Å²) in [6.07, 6.45) is -0.0802. The average molecular weight is 783 g/mol. The van der Waals surface area contributed by atoms with Gasteiger partial charge in [0.15, 0.2) is 14.1 Å². The van der Waals surface area contributed by atoms with Crippen LogP contribution in [0, 0.1) is 0 Å². The zero-order valence-electron chi connectivity index (χ0n) is 35.2. The molecule has 302 valence electrons. The summed E-state index contributed by atoms with van der Waals surface area (Å²) in [5, 5.41) is -0.406. The van der Waals surface area contributed by atoms with E-state index in [1.165, 1.54) is 0 Å². The average Bonchev–Trinajstić information content (AvgIpc) is 3.12. The summed E-state index contributed by atoms with van der Waals surface area (Å²) in [4.78, 5) is 14.2. The third kappa shape index (κ3) is 9.68. The lowest BCUT2D eigenvalue weighted by Gasteiger charge is -2.56. The molecule has 7 atom stereocenters. The van der Waals surface area contributed by atoms with Crippen molar-refractivity contribution in [1.82, 2.24) is 0 Å². The molecule has 0 bridgehead atoms. The minimum Gasteiger partial charge on any atom is -0.409 e. The molecule has 0 unspecified atom stereocenters. The van der Waals surface area contributed by atoms with E-state index < -0.39 is 28.6 Å². The maximum absolute atomic E-state index is 14.2. The fourth-order valence-electron chi connectivity index (χ4n) is 9.27. The van der Waals surface area contributed by atoms with Crippen molar-refractivity contribution in [3.63, 3.8) is 0 Å². The number of fused-ring (bicyclic) bond motifs is 1. The molecule has 0 radical (unpaired) electrons. The van der Waals surface area contributed by atoms with Crippen molar-refractivity contribution >= 4 is 22.7 Å². The molecule has 0 spiro atoms. The first-order valence-electron chi connectivity index (χ1n) is 20.6. The molecular formula is C44H70O8Si2. The van der Waals surface area contributed by atoms with Crippen LogP contribution in [0.3, 0.4) is 0 Å². The normalized spacial score (nSPS) is 29.3. The van der Waals surface area contributed by atoms with Gasteiger partial charge in [-0.1, -0.05) is 130 Å². The molecule has 8 nitrogen and oxygen atoms in total. The Bertz CT molecular complexity index is 1460. The Kier molecular flexibility index (Phi) is 14.3. The molecular weight excluding hydrogens is 713 g/mol. The van der Waals surface area contributed by atoms with Gasteiger partial charge in [-0.25, -0.2) is 0 Å². The summed E-state index contributed by atoms with van der Waals surface area (Å²) in [6.45, 7) is 26.6. The quantitative estimate of drug-likeness (QED) is 0.131. The van der Waals surface area contributed by atoms with E-state index in [9.17, 15) is 4.79 Å². The molecule has 0 aliphatic carbocycles. The maximum Gasteiger partial charge on any atom is 0.349 e. The van der Waals surface area contributed by atoms with Crippen LogP contribution in [0.2, 0.25) is 27.7 Å². The summed E-state index contributed by atoms with van der Waals surface area (Å²) in [5.74, 6) is 0.0613. The van der Waals surface area contributed by atoms with Gasteiger partial charge in [0, 0.05) is 35.9 Å². The molecule has 3 saturated heterocycles. The highest BCUT2D eigenvalue weighted by molar-refractivity contribution is 6.75. The van der Waals surface area contributed by atoms with Crippen molar-refractivity contribution in [3.8, 4) is 0 Å². The summed E-state index contributed by atoms with van der Waals surface area (Å²) < 4.78 is 48.1. The Morgan fingerprint density at radius 1 is 0.870 bits per heavy atom. The van der Waals surface area contributed by atoms with Crippen LogP contribution < -0.4 is 0 Å². The predicted molar refractivity (Wildman–Crippen MR) is 219 cm³/mol. The molecule has 2 aromatic rings. The van der Waals surface area contributed by atoms with Crippen LogP contribution in [-0.2, 0) is 50.2 Å². The molecule has 0 aromatic heterocycles. The lowest BCUT2D eigenvalue weighted by atomic mass is 9.79. The molecule has 5 rings (SSSR count). The second-order valence-electron chi connectivity index (χ2n) is 18.5. The Labute approximate surface area is 328 Å². The van der Waals surface area contributed by atoms with Crippen molar-refractivity contribution in [2.24, 2.45) is 0 Å². The highest BCUT2D eigenvalue weighted by atomic mass is 28.4. The van der Waals surface area contributed by atoms with Gasteiger partial charge in [0.25, 0.3) is 0 Å². The van der Waals surface area contributed by atoms with Gasteiger partial charge >= 0.3 is 8.56 Å². The number of hydrogen-bond donors (Lipinski definition) is 0. The van der Waals surface area contributed by atoms with Crippen LogP contribution in [0.15, 0.2) is 60.7 Å². The second kappa shape index (κ2) is 17.8. The summed E-state index contributed by atoms with van der Waals surface area (Å²) in [5.41, 5.74) is 1.97. The highest BCUT2D eigenvalue weighted by Crippen LogP contribution is 2.55. The molecule has 54 heavy (non-hydrogen) atoms. The summed E-state index contributed by atoms with van der Waals surface area (Å²) in [6, 6.07) is 22.5. The van der Waals surface area contributed by atoms with Gasteiger partial charge in [0.2, 0.25) is 0 Å². The number of ether oxygens (including phenoxy) is 4. The number of Topliss-reactive ketones (excluding diaryl/α,β-unsaturated/α-hetero) is 1. The van der Waals surface area contributed by atoms with Crippen LogP contribution >= 0.6 is 0 Å². The van der Waals surface area contributed by atoms with Crippen LogP contribution in [-0.4, -0.2) is 78.1 Å². The van der Waals surface area contributed by atoms with Crippen LogP contribution in [0.25, 0.3) is 0 Å². The van der Waals surface area contributed by atoms with Gasteiger partial charge in [0.05, 0.1) is 55.9 Å². The molecule has 0 N–H and O–H groups in total. The molecule has 2 aromatic carbocycles. The van der Waals surface area contributed by atoms with Crippen molar-refractivity contribution in [1.29, 1.82) is 0 Å². The summed E-state index contributed by atoms with van der Waals surface area (Å²) >= 11 is 0. The van der Waals surface area contributed by atoms with Gasteiger partial charge in [-0.3, -0.25) is 4.79 Å². The van der Waals surface area contributed by atoms with E-state index in [2.05, 4.69) is 100 Å². The topological polar surface area (TPSA) is 81.7 Å². The third-order valence-corrected chi connectivity index (χ3v) is 22.8. The van der Waals surface area contributed by atoms with Gasteiger partial charge in [-0.15, -0.1) is 0 Å². The van der Waals surface area contributed by atoms with E-state index in [0.29, 0.717) is 57.7 Å². The van der Waals surface area contributed by atoms with Gasteiger partial charge in [0.1, 0.15) is 6.10 Å². The molecule has 10 heteroatoms.